The van der Waals surface area contributed by atoms with Crippen molar-refractivity contribution in [2.24, 2.45) is 0 Å². The van der Waals surface area contributed by atoms with Crippen LogP contribution in [0.3, 0.4) is 0 Å². The lowest BCUT2D eigenvalue weighted by molar-refractivity contribution is -0.254. The van der Waals surface area contributed by atoms with Crippen LogP contribution in [-0.4, -0.2) is 85.9 Å². The van der Waals surface area contributed by atoms with Gasteiger partial charge in [-0.25, -0.2) is 0 Å². The van der Waals surface area contributed by atoms with Crippen molar-refractivity contribution in [1.29, 1.82) is 0 Å². The maximum absolute atomic E-state index is 13.3. The fourth-order valence-electron chi connectivity index (χ4n) is 5.32. The predicted octanol–water partition coefficient (Wildman–Crippen LogP) is 3.40. The number of amides is 2. The summed E-state index contributed by atoms with van der Waals surface area (Å²) in [6, 6.07) is 12.3. The summed E-state index contributed by atoms with van der Waals surface area (Å²) in [5.74, 6) is -3.62. The number of ether oxygens (including phenoxy) is 7. The number of nitrogens with zero attached hydrogens (tertiary/aromatic N) is 1. The largest absolute Gasteiger partial charge is 0.496 e. The van der Waals surface area contributed by atoms with Gasteiger partial charge in [-0.1, -0.05) is 0 Å². The molecule has 1 aliphatic heterocycles. The van der Waals surface area contributed by atoms with Crippen molar-refractivity contribution >= 4 is 47.1 Å². The Morgan fingerprint density at radius 2 is 1.31 bits per heavy atom. The van der Waals surface area contributed by atoms with Crippen LogP contribution in [0.2, 0.25) is 0 Å². The van der Waals surface area contributed by atoms with Crippen molar-refractivity contribution < 1.29 is 61.9 Å². The molecule has 5 atom stereocenters. The summed E-state index contributed by atoms with van der Waals surface area (Å²) in [6.07, 6.45) is -3.66. The van der Waals surface area contributed by atoms with Crippen molar-refractivity contribution in [3.8, 4) is 11.5 Å². The summed E-state index contributed by atoms with van der Waals surface area (Å²) >= 11 is 0. The fourth-order valence-corrected chi connectivity index (χ4v) is 5.32. The predicted molar refractivity (Wildman–Crippen MR) is 177 cm³/mol. The zero-order valence-corrected chi connectivity index (χ0v) is 28.6. The Balaban J connectivity index is 1.67. The molecule has 270 valence electrons. The molecule has 51 heavy (non-hydrogen) atoms. The van der Waals surface area contributed by atoms with Gasteiger partial charge in [0.25, 0.3) is 11.8 Å². The van der Waals surface area contributed by atoms with Crippen LogP contribution in [0.4, 0.5) is 11.4 Å². The summed E-state index contributed by atoms with van der Waals surface area (Å²) in [5, 5.41) is 5.50. The number of hydrogen-bond acceptors (Lipinski definition) is 14. The van der Waals surface area contributed by atoms with Gasteiger partial charge in [0.05, 0.1) is 25.5 Å². The number of pyridine rings is 1. The van der Waals surface area contributed by atoms with Crippen molar-refractivity contribution in [3.63, 3.8) is 0 Å². The summed E-state index contributed by atoms with van der Waals surface area (Å²) < 4.78 is 39.3. The number of benzene rings is 2. The number of rotatable bonds is 12. The quantitative estimate of drug-likeness (QED) is 0.205. The molecule has 0 bridgehead atoms. The molecule has 2 N–H and O–H groups in total. The lowest BCUT2D eigenvalue weighted by atomic mass is 9.89. The van der Waals surface area contributed by atoms with E-state index in [1.807, 2.05) is 0 Å². The van der Waals surface area contributed by atoms with Gasteiger partial charge in [0.1, 0.15) is 30.3 Å². The molecule has 2 aromatic carbocycles. The van der Waals surface area contributed by atoms with E-state index in [2.05, 4.69) is 15.6 Å². The van der Waals surface area contributed by atoms with Crippen LogP contribution in [0.5, 0.6) is 11.5 Å². The van der Waals surface area contributed by atoms with Crippen molar-refractivity contribution in [3.05, 3.63) is 77.6 Å². The topological polar surface area (TPSA) is 204 Å². The van der Waals surface area contributed by atoms with Gasteiger partial charge >= 0.3 is 23.9 Å². The van der Waals surface area contributed by atoms with Gasteiger partial charge in [-0.15, -0.1) is 0 Å². The number of carbonyl (C=O) groups excluding carboxylic acids is 6. The Labute approximate surface area is 292 Å². The van der Waals surface area contributed by atoms with E-state index in [9.17, 15) is 28.8 Å². The van der Waals surface area contributed by atoms with E-state index in [4.69, 9.17) is 33.2 Å². The summed E-state index contributed by atoms with van der Waals surface area (Å²) in [6.45, 7) is 4.12. The van der Waals surface area contributed by atoms with Crippen LogP contribution >= 0.6 is 0 Å². The smallest absolute Gasteiger partial charge is 0.303 e. The number of hydrogen-bond donors (Lipinski definition) is 2. The fraction of sp³-hybridized carbons (Fsp3) is 0.343. The molecule has 16 heteroatoms. The second-order valence-electron chi connectivity index (χ2n) is 11.1. The number of anilines is 2. The molecule has 0 spiro atoms. The molecule has 3 aromatic rings. The number of nitrogens with one attached hydrogen (secondary N) is 2. The average Bonchev–Trinajstić information content (AvgIpc) is 3.09. The molecule has 0 unspecified atom stereocenters. The third kappa shape index (κ3) is 9.78. The summed E-state index contributed by atoms with van der Waals surface area (Å²) in [4.78, 5) is 78.2. The first kappa shape index (κ1) is 37.8. The Hall–Kier alpha value is -6.03. The van der Waals surface area contributed by atoms with E-state index >= 15 is 0 Å². The maximum Gasteiger partial charge on any atom is 0.303 e. The van der Waals surface area contributed by atoms with Crippen LogP contribution in [0.15, 0.2) is 60.9 Å². The molecular weight excluding hydrogens is 670 g/mol. The third-order valence-corrected chi connectivity index (χ3v) is 7.43. The third-order valence-electron chi connectivity index (χ3n) is 7.43. The Morgan fingerprint density at radius 3 is 1.88 bits per heavy atom. The van der Waals surface area contributed by atoms with Crippen LogP contribution in [0.25, 0.3) is 0 Å². The minimum atomic E-state index is -1.41. The van der Waals surface area contributed by atoms with E-state index < -0.39 is 66.9 Å². The minimum absolute atomic E-state index is 0.125. The highest BCUT2D eigenvalue weighted by Gasteiger charge is 2.53. The van der Waals surface area contributed by atoms with Gasteiger partial charge in [0, 0.05) is 63.0 Å². The molecule has 1 fully saturated rings. The standard InChI is InChI=1S/C35H37N3O13/c1-18(39)47-17-29-31(48-19(2)40)33(50-21(4)42)32(49-20(3)41)30(51-29)25-14-28(46-6)26(15-27(25)45-5)38-34(43)22-9-11-24(12-10-22)37-35(44)23-8-7-13-36-16-23/h7-16,29-33H,17H2,1-6H3,(H,37,44)(H,38,43)/t29-,30+,31-,32+,33+/m1/s1. The number of esters is 4. The van der Waals surface area contributed by atoms with E-state index in [1.165, 1.54) is 51.6 Å². The maximum atomic E-state index is 13.3. The van der Waals surface area contributed by atoms with Gasteiger partial charge < -0.3 is 43.8 Å². The second kappa shape index (κ2) is 17.1. The molecular formula is C35H37N3O13. The van der Waals surface area contributed by atoms with Crippen LogP contribution in [0.1, 0.15) is 60.1 Å². The first-order valence-electron chi connectivity index (χ1n) is 15.5. The highest BCUT2D eigenvalue weighted by atomic mass is 16.7. The van der Waals surface area contributed by atoms with Crippen LogP contribution in [0, 0.1) is 0 Å². The first-order valence-corrected chi connectivity index (χ1v) is 15.5. The van der Waals surface area contributed by atoms with E-state index in [0.29, 0.717) is 11.3 Å². The zero-order valence-electron chi connectivity index (χ0n) is 28.6. The Morgan fingerprint density at radius 1 is 0.706 bits per heavy atom. The molecule has 2 heterocycles. The van der Waals surface area contributed by atoms with Gasteiger partial charge in [0.15, 0.2) is 18.3 Å². The van der Waals surface area contributed by atoms with Crippen molar-refractivity contribution in [2.45, 2.75) is 58.2 Å². The number of methoxy groups -OCH3 is 2. The van der Waals surface area contributed by atoms with E-state index in [0.717, 1.165) is 20.8 Å². The molecule has 0 radical (unpaired) electrons. The van der Waals surface area contributed by atoms with Gasteiger partial charge in [-0.3, -0.25) is 33.8 Å². The van der Waals surface area contributed by atoms with Gasteiger partial charge in [0.2, 0.25) is 0 Å². The minimum Gasteiger partial charge on any atom is -0.496 e. The van der Waals surface area contributed by atoms with Crippen molar-refractivity contribution in [1.82, 2.24) is 4.98 Å². The highest BCUT2D eigenvalue weighted by Crippen LogP contribution is 2.44. The molecule has 2 amide bonds. The summed E-state index contributed by atoms with van der Waals surface area (Å²) in [7, 11) is 2.70. The molecule has 0 aliphatic carbocycles. The lowest BCUT2D eigenvalue weighted by Gasteiger charge is -2.44. The molecule has 1 aliphatic rings. The second-order valence-corrected chi connectivity index (χ2v) is 11.1. The van der Waals surface area contributed by atoms with Crippen molar-refractivity contribution in [2.75, 3.05) is 31.5 Å². The van der Waals surface area contributed by atoms with E-state index in [1.54, 1.807) is 30.5 Å². The lowest BCUT2D eigenvalue weighted by Crippen LogP contribution is -2.59. The molecule has 1 saturated heterocycles. The molecule has 4 rings (SSSR count). The zero-order chi connectivity index (χ0) is 37.2. The Kier molecular flexibility index (Phi) is 12.6. The van der Waals surface area contributed by atoms with Crippen LogP contribution in [-0.2, 0) is 42.9 Å². The SMILES string of the molecule is COc1cc([C@@H]2O[C@H](COC(C)=O)[C@@H](OC(C)=O)[C@H](OC(C)=O)[C@H]2OC(C)=O)c(OC)cc1NC(=O)c1ccc(NC(=O)c2cccnc2)cc1. The van der Waals surface area contributed by atoms with Gasteiger partial charge in [-0.05, 0) is 42.5 Å². The number of carbonyl (C=O) groups is 6. The van der Waals surface area contributed by atoms with E-state index in [-0.39, 0.29) is 34.2 Å². The normalized spacial score (nSPS) is 19.5. The van der Waals surface area contributed by atoms with Crippen LogP contribution < -0.4 is 20.1 Å². The monoisotopic (exact) mass is 707 g/mol. The highest BCUT2D eigenvalue weighted by molar-refractivity contribution is 6.06. The average molecular weight is 708 g/mol. The Bertz CT molecular complexity index is 1760. The molecule has 16 nitrogen and oxygen atoms in total. The molecule has 0 saturated carbocycles. The van der Waals surface area contributed by atoms with Gasteiger partial charge in [-0.2, -0.15) is 0 Å². The molecule has 1 aromatic heterocycles. The first-order chi connectivity index (χ1) is 24.3. The number of aromatic nitrogens is 1. The summed E-state index contributed by atoms with van der Waals surface area (Å²) in [5.41, 5.74) is 1.47.